The monoisotopic (exact) mass is 466 g/mol. The third-order valence-electron chi connectivity index (χ3n) is 7.32. The standard InChI is InChI=1S/C23H23BrN4O2/c1-20(2,3)14-8-9-23-17(10-14)22(13-27,19(28)30-23)21(11-25,12-26)18(29-23)15-6-4-5-7-16(15)24/h4-7,14,17-18,28H,8-10H2,1-3H3. The Morgan fingerprint density at radius 1 is 1.13 bits per heavy atom. The molecule has 5 unspecified atom stereocenters. The van der Waals surface area contributed by atoms with Gasteiger partial charge in [-0.3, -0.25) is 5.41 Å². The Balaban J connectivity index is 1.97. The molecule has 4 rings (SSSR count). The molecule has 2 aliphatic heterocycles. The van der Waals surface area contributed by atoms with Gasteiger partial charge in [0.25, 0.3) is 0 Å². The molecule has 1 aliphatic carbocycles. The number of hydrogen-bond acceptors (Lipinski definition) is 6. The largest absolute Gasteiger partial charge is 0.447 e. The van der Waals surface area contributed by atoms with Crippen molar-refractivity contribution in [1.82, 2.24) is 0 Å². The van der Waals surface area contributed by atoms with E-state index in [-0.39, 0.29) is 17.2 Å². The molecule has 1 aromatic carbocycles. The summed E-state index contributed by atoms with van der Waals surface area (Å²) < 4.78 is 13.2. The number of nitrogens with zero attached hydrogens (tertiary/aromatic N) is 3. The van der Waals surface area contributed by atoms with Crippen LogP contribution in [-0.2, 0) is 9.47 Å². The van der Waals surface area contributed by atoms with E-state index in [2.05, 4.69) is 54.9 Å². The molecule has 0 radical (unpaired) electrons. The third kappa shape index (κ3) is 2.38. The van der Waals surface area contributed by atoms with Crippen LogP contribution in [-0.4, -0.2) is 11.7 Å². The van der Waals surface area contributed by atoms with Gasteiger partial charge in [0.15, 0.2) is 5.41 Å². The zero-order valence-corrected chi connectivity index (χ0v) is 18.8. The van der Waals surface area contributed by atoms with E-state index >= 15 is 0 Å². The van der Waals surface area contributed by atoms with Gasteiger partial charge in [-0.15, -0.1) is 0 Å². The normalized spacial score (nSPS) is 36.6. The summed E-state index contributed by atoms with van der Waals surface area (Å²) in [6, 6.07) is 13.7. The number of hydrogen-bond donors (Lipinski definition) is 1. The Hall–Kier alpha value is -2.40. The van der Waals surface area contributed by atoms with Gasteiger partial charge in [-0.2, -0.15) is 15.8 Å². The smallest absolute Gasteiger partial charge is 0.217 e. The molecule has 3 aliphatic rings. The van der Waals surface area contributed by atoms with Gasteiger partial charge in [-0.25, -0.2) is 0 Å². The summed E-state index contributed by atoms with van der Waals surface area (Å²) >= 11 is 3.50. The number of halogens is 1. The summed E-state index contributed by atoms with van der Waals surface area (Å²) in [5.74, 6) is -1.79. The molecule has 1 aromatic rings. The highest BCUT2D eigenvalue weighted by atomic mass is 79.9. The molecular weight excluding hydrogens is 444 g/mol. The molecule has 1 saturated carbocycles. The van der Waals surface area contributed by atoms with Crippen molar-refractivity contribution in [2.75, 3.05) is 0 Å². The summed E-state index contributed by atoms with van der Waals surface area (Å²) in [5.41, 5.74) is -3.01. The summed E-state index contributed by atoms with van der Waals surface area (Å²) in [6.45, 7) is 6.45. The van der Waals surface area contributed by atoms with E-state index in [1.54, 1.807) is 12.1 Å². The molecule has 0 amide bonds. The van der Waals surface area contributed by atoms with Crippen molar-refractivity contribution >= 4 is 21.8 Å². The van der Waals surface area contributed by atoms with Gasteiger partial charge in [0.05, 0.1) is 24.1 Å². The molecule has 5 atom stereocenters. The van der Waals surface area contributed by atoms with Crippen molar-refractivity contribution < 1.29 is 9.47 Å². The van der Waals surface area contributed by atoms with Crippen molar-refractivity contribution in [3.05, 3.63) is 34.3 Å². The van der Waals surface area contributed by atoms with E-state index in [1.807, 2.05) is 12.1 Å². The van der Waals surface area contributed by atoms with Crippen LogP contribution in [0, 0.1) is 67.5 Å². The molecular formula is C23H23BrN4O2. The molecule has 154 valence electrons. The molecule has 2 heterocycles. The predicted octanol–water partition coefficient (Wildman–Crippen LogP) is 5.23. The van der Waals surface area contributed by atoms with Crippen molar-refractivity contribution in [2.24, 2.45) is 28.1 Å². The van der Waals surface area contributed by atoms with Crippen molar-refractivity contribution in [2.45, 2.75) is 51.9 Å². The maximum atomic E-state index is 10.5. The number of ether oxygens (including phenoxy) is 2. The second kappa shape index (κ2) is 6.55. The van der Waals surface area contributed by atoms with Crippen LogP contribution in [0.4, 0.5) is 0 Å². The number of benzene rings is 1. The predicted molar refractivity (Wildman–Crippen MR) is 112 cm³/mol. The van der Waals surface area contributed by atoms with E-state index in [1.165, 1.54) is 0 Å². The molecule has 6 nitrogen and oxygen atoms in total. The van der Waals surface area contributed by atoms with Gasteiger partial charge in [0.2, 0.25) is 17.1 Å². The molecule has 0 aromatic heterocycles. The van der Waals surface area contributed by atoms with Gasteiger partial charge in [-0.1, -0.05) is 54.9 Å². The Morgan fingerprint density at radius 2 is 1.80 bits per heavy atom. The first-order chi connectivity index (χ1) is 14.1. The van der Waals surface area contributed by atoms with E-state index in [0.29, 0.717) is 22.9 Å². The van der Waals surface area contributed by atoms with E-state index in [0.717, 1.165) is 6.42 Å². The fourth-order valence-corrected chi connectivity index (χ4v) is 6.08. The van der Waals surface area contributed by atoms with Gasteiger partial charge >= 0.3 is 0 Å². The number of nitrogens with one attached hydrogen (secondary N) is 1. The lowest BCUT2D eigenvalue weighted by Gasteiger charge is -2.54. The highest BCUT2D eigenvalue weighted by Gasteiger charge is 2.81. The fourth-order valence-electron chi connectivity index (χ4n) is 5.59. The number of nitriles is 3. The van der Waals surface area contributed by atoms with Crippen molar-refractivity contribution in [3.63, 3.8) is 0 Å². The topological polar surface area (TPSA) is 114 Å². The van der Waals surface area contributed by atoms with E-state index < -0.39 is 28.6 Å². The molecule has 7 heteroatoms. The molecule has 3 fully saturated rings. The van der Waals surface area contributed by atoms with Crippen LogP contribution in [0.1, 0.15) is 51.7 Å². The second-order valence-corrected chi connectivity index (χ2v) is 10.5. The van der Waals surface area contributed by atoms with E-state index in [9.17, 15) is 15.8 Å². The fraction of sp³-hybridized carbons (Fsp3) is 0.565. The minimum atomic E-state index is -1.91. The lowest BCUT2D eigenvalue weighted by atomic mass is 9.49. The minimum Gasteiger partial charge on any atom is -0.447 e. The molecule has 2 saturated heterocycles. The third-order valence-corrected chi connectivity index (χ3v) is 8.04. The van der Waals surface area contributed by atoms with Crippen LogP contribution in [0.2, 0.25) is 0 Å². The Kier molecular flexibility index (Phi) is 4.55. The first-order valence-corrected chi connectivity index (χ1v) is 10.8. The minimum absolute atomic E-state index is 0.0128. The molecule has 1 N–H and O–H groups in total. The Morgan fingerprint density at radius 3 is 2.37 bits per heavy atom. The first-order valence-electron chi connectivity index (χ1n) is 10.1. The summed E-state index contributed by atoms with van der Waals surface area (Å²) in [7, 11) is 0. The van der Waals surface area contributed by atoms with Crippen LogP contribution in [0.15, 0.2) is 28.7 Å². The van der Waals surface area contributed by atoms with Gasteiger partial charge in [-0.05, 0) is 35.8 Å². The quantitative estimate of drug-likeness (QED) is 0.608. The second-order valence-electron chi connectivity index (χ2n) is 9.60. The van der Waals surface area contributed by atoms with Gasteiger partial charge < -0.3 is 9.47 Å². The highest BCUT2D eigenvalue weighted by Crippen LogP contribution is 2.71. The summed E-state index contributed by atoms with van der Waals surface area (Å²) in [5, 5.41) is 39.8. The first kappa shape index (κ1) is 20.9. The summed E-state index contributed by atoms with van der Waals surface area (Å²) in [6.07, 6.45) is 0.879. The Labute approximate surface area is 185 Å². The average molecular weight is 467 g/mol. The van der Waals surface area contributed by atoms with Crippen LogP contribution in [0.5, 0.6) is 0 Å². The SMILES string of the molecule is CC(C)(C)C1CCC23OC(=N)C(C#N)(C2C1)C(C#N)(C#N)C(c1ccccc1Br)O3. The van der Waals surface area contributed by atoms with Gasteiger partial charge in [0.1, 0.15) is 6.10 Å². The zero-order chi connectivity index (χ0) is 21.9. The molecule has 2 bridgehead atoms. The average Bonchev–Trinajstić information content (AvgIpc) is 2.91. The lowest BCUT2D eigenvalue weighted by Crippen LogP contribution is -2.61. The summed E-state index contributed by atoms with van der Waals surface area (Å²) in [4.78, 5) is 0. The maximum Gasteiger partial charge on any atom is 0.217 e. The van der Waals surface area contributed by atoms with Gasteiger partial charge in [0, 0.05) is 10.9 Å². The van der Waals surface area contributed by atoms with Crippen LogP contribution in [0.25, 0.3) is 0 Å². The Bertz CT molecular complexity index is 1030. The van der Waals surface area contributed by atoms with E-state index in [4.69, 9.17) is 14.9 Å². The zero-order valence-electron chi connectivity index (χ0n) is 17.2. The lowest BCUT2D eigenvalue weighted by molar-refractivity contribution is -0.301. The van der Waals surface area contributed by atoms with Crippen LogP contribution < -0.4 is 0 Å². The van der Waals surface area contributed by atoms with Crippen LogP contribution in [0.3, 0.4) is 0 Å². The molecule has 0 spiro atoms. The maximum absolute atomic E-state index is 10.5. The number of rotatable bonds is 1. The highest BCUT2D eigenvalue weighted by molar-refractivity contribution is 9.10. The molecule has 30 heavy (non-hydrogen) atoms. The van der Waals surface area contributed by atoms with Crippen molar-refractivity contribution in [1.29, 1.82) is 21.2 Å². The van der Waals surface area contributed by atoms with Crippen LogP contribution >= 0.6 is 15.9 Å². The van der Waals surface area contributed by atoms with Crippen molar-refractivity contribution in [3.8, 4) is 18.2 Å².